The molecule has 0 unspecified atom stereocenters. The van der Waals surface area contributed by atoms with Gasteiger partial charge in [0.2, 0.25) is 0 Å². The number of carbonyl (C=O) groups is 1. The molecule has 0 amide bonds. The first kappa shape index (κ1) is 15.1. The summed E-state index contributed by atoms with van der Waals surface area (Å²) in [6.45, 7) is 8.72. The average molecular weight is 270 g/mol. The number of aromatic nitrogens is 1. The number of thiazole rings is 1. The molecule has 1 rings (SSSR count). The maximum absolute atomic E-state index is 11.0. The fraction of sp³-hybridized carbons (Fsp3) is 0.692. The fourth-order valence-electron chi connectivity index (χ4n) is 1.69. The van der Waals surface area contributed by atoms with Gasteiger partial charge in [0.15, 0.2) is 0 Å². The molecule has 1 atom stereocenters. The van der Waals surface area contributed by atoms with Crippen molar-refractivity contribution in [1.82, 2.24) is 10.3 Å². The summed E-state index contributed by atoms with van der Waals surface area (Å²) in [5.74, 6) is -0.123. The van der Waals surface area contributed by atoms with Crippen LogP contribution in [-0.4, -0.2) is 22.1 Å². The molecule has 102 valence electrons. The summed E-state index contributed by atoms with van der Waals surface area (Å²) < 4.78 is 0. The van der Waals surface area contributed by atoms with Gasteiger partial charge in [0.05, 0.1) is 5.01 Å². The van der Waals surface area contributed by atoms with Crippen LogP contribution in [0.15, 0.2) is 6.20 Å². The van der Waals surface area contributed by atoms with E-state index >= 15 is 0 Å². The molecule has 0 spiro atoms. The highest BCUT2D eigenvalue weighted by Crippen LogP contribution is 2.17. The average Bonchev–Trinajstić information content (AvgIpc) is 2.63. The molecule has 2 N–H and O–H groups in total. The van der Waals surface area contributed by atoms with Crippen LogP contribution in [0.3, 0.4) is 0 Å². The number of carboxylic acids is 1. The van der Waals surface area contributed by atoms with Crippen LogP contribution in [0.1, 0.15) is 37.6 Å². The van der Waals surface area contributed by atoms with Crippen LogP contribution in [-0.2, 0) is 17.8 Å². The zero-order valence-electron chi connectivity index (χ0n) is 11.4. The molecule has 4 nitrogen and oxygen atoms in total. The van der Waals surface area contributed by atoms with E-state index in [-0.39, 0.29) is 5.92 Å². The van der Waals surface area contributed by atoms with Crippen molar-refractivity contribution in [3.05, 3.63) is 16.1 Å². The molecule has 0 saturated carbocycles. The lowest BCUT2D eigenvalue weighted by Gasteiger charge is -2.17. The van der Waals surface area contributed by atoms with Gasteiger partial charge in [-0.1, -0.05) is 27.7 Å². The Bertz CT molecular complexity index is 388. The number of nitrogens with one attached hydrogen (secondary N) is 1. The van der Waals surface area contributed by atoms with Gasteiger partial charge in [0.25, 0.3) is 0 Å². The van der Waals surface area contributed by atoms with Crippen LogP contribution in [0.2, 0.25) is 0 Å². The minimum absolute atomic E-state index is 0.0746. The first-order chi connectivity index (χ1) is 8.40. The van der Waals surface area contributed by atoms with Crippen LogP contribution >= 0.6 is 11.3 Å². The zero-order chi connectivity index (χ0) is 13.7. The van der Waals surface area contributed by atoms with Crippen molar-refractivity contribution < 1.29 is 9.90 Å². The van der Waals surface area contributed by atoms with Crippen LogP contribution in [0.25, 0.3) is 0 Å². The lowest BCUT2D eigenvalue weighted by molar-refractivity contribution is -0.140. The molecular formula is C13H22N2O2S. The van der Waals surface area contributed by atoms with E-state index in [1.54, 1.807) is 11.3 Å². The van der Waals surface area contributed by atoms with Crippen LogP contribution < -0.4 is 5.32 Å². The highest BCUT2D eigenvalue weighted by atomic mass is 32.1. The predicted octanol–water partition coefficient (Wildman–Crippen LogP) is 2.54. The second kappa shape index (κ2) is 6.85. The van der Waals surface area contributed by atoms with Crippen molar-refractivity contribution in [1.29, 1.82) is 0 Å². The Labute approximate surface area is 112 Å². The molecule has 1 aromatic heterocycles. The van der Waals surface area contributed by atoms with Gasteiger partial charge in [0.1, 0.15) is 6.04 Å². The SMILES string of the molecule is CC(C)Cc1ncc(CN[C@@H](C(=O)O)C(C)C)s1. The normalized spacial score (nSPS) is 13.2. The van der Waals surface area contributed by atoms with E-state index in [9.17, 15) is 4.79 Å². The second-order valence-electron chi connectivity index (χ2n) is 5.26. The van der Waals surface area contributed by atoms with E-state index in [1.807, 2.05) is 20.0 Å². The van der Waals surface area contributed by atoms with Gasteiger partial charge in [-0.15, -0.1) is 11.3 Å². The minimum atomic E-state index is -0.795. The zero-order valence-corrected chi connectivity index (χ0v) is 12.3. The first-order valence-corrected chi connectivity index (χ1v) is 7.11. The smallest absolute Gasteiger partial charge is 0.320 e. The molecule has 0 fully saturated rings. The predicted molar refractivity (Wildman–Crippen MR) is 73.8 cm³/mol. The summed E-state index contributed by atoms with van der Waals surface area (Å²) in [4.78, 5) is 16.5. The van der Waals surface area contributed by atoms with E-state index in [2.05, 4.69) is 24.1 Å². The van der Waals surface area contributed by atoms with Crippen molar-refractivity contribution in [2.75, 3.05) is 0 Å². The van der Waals surface area contributed by atoms with Gasteiger partial charge in [-0.05, 0) is 11.8 Å². The van der Waals surface area contributed by atoms with E-state index in [0.717, 1.165) is 16.3 Å². The largest absolute Gasteiger partial charge is 0.480 e. The Hall–Kier alpha value is -0.940. The Morgan fingerprint density at radius 2 is 2.11 bits per heavy atom. The summed E-state index contributed by atoms with van der Waals surface area (Å²) in [7, 11) is 0. The molecule has 0 radical (unpaired) electrons. The molecule has 18 heavy (non-hydrogen) atoms. The highest BCUT2D eigenvalue weighted by Gasteiger charge is 2.20. The molecule has 0 bridgehead atoms. The van der Waals surface area contributed by atoms with Crippen molar-refractivity contribution in [2.24, 2.45) is 11.8 Å². The van der Waals surface area contributed by atoms with Crippen molar-refractivity contribution >= 4 is 17.3 Å². The Kier molecular flexibility index (Phi) is 5.75. The van der Waals surface area contributed by atoms with Crippen LogP contribution in [0.5, 0.6) is 0 Å². The summed E-state index contributed by atoms with van der Waals surface area (Å²) >= 11 is 1.66. The minimum Gasteiger partial charge on any atom is -0.480 e. The van der Waals surface area contributed by atoms with Crippen LogP contribution in [0.4, 0.5) is 0 Å². The Balaban J connectivity index is 2.52. The van der Waals surface area contributed by atoms with Crippen molar-refractivity contribution in [3.8, 4) is 0 Å². The molecule has 1 aromatic rings. The third-order valence-electron chi connectivity index (χ3n) is 2.61. The quantitative estimate of drug-likeness (QED) is 0.799. The molecule has 0 aliphatic rings. The third-order valence-corrected chi connectivity index (χ3v) is 3.63. The summed E-state index contributed by atoms with van der Waals surface area (Å²) in [6, 6.07) is -0.499. The summed E-state index contributed by atoms with van der Waals surface area (Å²) in [5, 5.41) is 13.3. The van der Waals surface area contributed by atoms with E-state index in [4.69, 9.17) is 5.11 Å². The van der Waals surface area contributed by atoms with E-state index in [0.29, 0.717) is 12.5 Å². The lowest BCUT2D eigenvalue weighted by atomic mass is 10.1. The number of aliphatic carboxylic acids is 1. The Morgan fingerprint density at radius 1 is 1.44 bits per heavy atom. The third kappa shape index (κ3) is 4.74. The lowest BCUT2D eigenvalue weighted by Crippen LogP contribution is -2.40. The second-order valence-corrected chi connectivity index (χ2v) is 6.46. The maximum Gasteiger partial charge on any atom is 0.320 e. The maximum atomic E-state index is 11.0. The number of nitrogens with zero attached hydrogens (tertiary/aromatic N) is 1. The molecular weight excluding hydrogens is 248 g/mol. The number of rotatable bonds is 7. The van der Waals surface area contributed by atoms with E-state index < -0.39 is 12.0 Å². The summed E-state index contributed by atoms with van der Waals surface area (Å²) in [5.41, 5.74) is 0. The van der Waals surface area contributed by atoms with Gasteiger partial charge in [-0.2, -0.15) is 0 Å². The molecule has 0 aliphatic heterocycles. The van der Waals surface area contributed by atoms with Crippen molar-refractivity contribution in [2.45, 2.75) is 46.7 Å². The monoisotopic (exact) mass is 270 g/mol. The molecule has 0 aromatic carbocycles. The number of hydrogen-bond donors (Lipinski definition) is 2. The van der Waals surface area contributed by atoms with Gasteiger partial charge < -0.3 is 5.11 Å². The Morgan fingerprint density at radius 3 is 2.61 bits per heavy atom. The van der Waals surface area contributed by atoms with E-state index in [1.165, 1.54) is 0 Å². The van der Waals surface area contributed by atoms with Gasteiger partial charge >= 0.3 is 5.97 Å². The highest BCUT2D eigenvalue weighted by molar-refractivity contribution is 7.11. The molecule has 0 aliphatic carbocycles. The standard InChI is InChI=1S/C13H22N2O2S/c1-8(2)5-11-14-6-10(18-11)7-15-12(9(3)4)13(16)17/h6,8-9,12,15H,5,7H2,1-4H3,(H,16,17)/t12-/m1/s1. The first-order valence-electron chi connectivity index (χ1n) is 6.30. The van der Waals surface area contributed by atoms with Gasteiger partial charge in [-0.3, -0.25) is 10.1 Å². The number of carboxylic acid groups (broad SMARTS) is 1. The number of hydrogen-bond acceptors (Lipinski definition) is 4. The van der Waals surface area contributed by atoms with Crippen molar-refractivity contribution in [3.63, 3.8) is 0 Å². The fourth-order valence-corrected chi connectivity index (χ4v) is 2.78. The molecule has 5 heteroatoms. The molecule has 0 saturated heterocycles. The summed E-state index contributed by atoms with van der Waals surface area (Å²) in [6.07, 6.45) is 2.83. The van der Waals surface area contributed by atoms with Gasteiger partial charge in [0, 0.05) is 24.0 Å². The van der Waals surface area contributed by atoms with Crippen LogP contribution in [0, 0.1) is 11.8 Å². The van der Waals surface area contributed by atoms with Gasteiger partial charge in [-0.25, -0.2) is 4.98 Å². The topological polar surface area (TPSA) is 62.2 Å². The molecule has 1 heterocycles.